The summed E-state index contributed by atoms with van der Waals surface area (Å²) in [5.74, 6) is 0.189. The highest BCUT2D eigenvalue weighted by Gasteiger charge is 2.14. The Bertz CT molecular complexity index is 363. The van der Waals surface area contributed by atoms with Crippen LogP contribution in [0.15, 0.2) is 24.3 Å². The van der Waals surface area contributed by atoms with Gasteiger partial charge in [-0.1, -0.05) is 31.2 Å². The van der Waals surface area contributed by atoms with Gasteiger partial charge in [0.25, 0.3) is 0 Å². The molecule has 0 spiro atoms. The third-order valence-electron chi connectivity index (χ3n) is 3.03. The Morgan fingerprint density at radius 1 is 1.35 bits per heavy atom. The quantitative estimate of drug-likeness (QED) is 0.789. The molecule has 0 heterocycles. The molecule has 1 unspecified atom stereocenters. The molecule has 0 aromatic heterocycles. The van der Waals surface area contributed by atoms with Crippen molar-refractivity contribution in [3.8, 4) is 0 Å². The number of carbonyl (C=O) groups excluding carboxylic acids is 1. The van der Waals surface area contributed by atoms with E-state index >= 15 is 0 Å². The Labute approximate surface area is 104 Å². The number of nitrogens with one attached hydrogen (secondary N) is 2. The van der Waals surface area contributed by atoms with Crippen molar-refractivity contribution < 1.29 is 4.79 Å². The molecule has 0 radical (unpaired) electrons. The second-order valence-electron chi connectivity index (χ2n) is 4.31. The summed E-state index contributed by atoms with van der Waals surface area (Å²) in [7, 11) is 1.87. The molecular weight excluding hydrogens is 212 g/mol. The van der Waals surface area contributed by atoms with E-state index in [1.807, 2.05) is 26.1 Å². The minimum absolute atomic E-state index is 0.0593. The zero-order chi connectivity index (χ0) is 12.7. The van der Waals surface area contributed by atoms with Crippen LogP contribution in [0, 0.1) is 12.8 Å². The molecule has 0 saturated carbocycles. The average molecular weight is 234 g/mol. The van der Waals surface area contributed by atoms with Crippen LogP contribution in [0.1, 0.15) is 24.5 Å². The summed E-state index contributed by atoms with van der Waals surface area (Å²) >= 11 is 0. The summed E-state index contributed by atoms with van der Waals surface area (Å²) in [5.41, 5.74) is 2.40. The van der Waals surface area contributed by atoms with E-state index in [2.05, 4.69) is 29.7 Å². The highest BCUT2D eigenvalue weighted by molar-refractivity contribution is 5.78. The number of amides is 1. The monoisotopic (exact) mass is 234 g/mol. The van der Waals surface area contributed by atoms with Crippen molar-refractivity contribution in [1.29, 1.82) is 0 Å². The molecule has 0 aliphatic carbocycles. The normalized spacial score (nSPS) is 12.2. The van der Waals surface area contributed by atoms with Crippen molar-refractivity contribution in [2.24, 2.45) is 5.92 Å². The number of rotatable bonds is 6. The topological polar surface area (TPSA) is 41.1 Å². The van der Waals surface area contributed by atoms with Gasteiger partial charge in [-0.05, 0) is 31.5 Å². The maximum absolute atomic E-state index is 11.9. The lowest BCUT2D eigenvalue weighted by atomic mass is 10.1. The Balaban J connectivity index is 2.50. The van der Waals surface area contributed by atoms with Gasteiger partial charge in [-0.15, -0.1) is 0 Å². The zero-order valence-electron chi connectivity index (χ0n) is 10.9. The zero-order valence-corrected chi connectivity index (χ0v) is 10.9. The number of hydrogen-bond donors (Lipinski definition) is 2. The third-order valence-corrected chi connectivity index (χ3v) is 3.03. The van der Waals surface area contributed by atoms with Gasteiger partial charge in [-0.2, -0.15) is 0 Å². The van der Waals surface area contributed by atoms with E-state index in [1.165, 1.54) is 11.1 Å². The highest BCUT2D eigenvalue weighted by Crippen LogP contribution is 2.07. The first kappa shape index (κ1) is 13.7. The first-order chi connectivity index (χ1) is 8.19. The van der Waals surface area contributed by atoms with E-state index in [4.69, 9.17) is 0 Å². The first-order valence-electron chi connectivity index (χ1n) is 6.15. The Morgan fingerprint density at radius 3 is 2.65 bits per heavy atom. The van der Waals surface area contributed by atoms with Gasteiger partial charge in [0, 0.05) is 13.1 Å². The number of benzene rings is 1. The second-order valence-corrected chi connectivity index (χ2v) is 4.31. The maximum atomic E-state index is 11.9. The third kappa shape index (κ3) is 4.19. The van der Waals surface area contributed by atoms with Gasteiger partial charge < -0.3 is 10.6 Å². The molecule has 3 heteroatoms. The summed E-state index contributed by atoms with van der Waals surface area (Å²) < 4.78 is 0. The summed E-state index contributed by atoms with van der Waals surface area (Å²) in [6.07, 6.45) is 0.862. The summed E-state index contributed by atoms with van der Waals surface area (Å²) in [4.78, 5) is 11.9. The second kappa shape index (κ2) is 7.07. The summed E-state index contributed by atoms with van der Waals surface area (Å²) in [6.45, 7) is 5.45. The molecule has 1 atom stereocenters. The van der Waals surface area contributed by atoms with E-state index in [9.17, 15) is 4.79 Å². The SMILES string of the molecule is CCC(CNC)C(=O)NCc1ccccc1C. The number of aryl methyl sites for hydroxylation is 1. The summed E-state index contributed by atoms with van der Waals surface area (Å²) in [6, 6.07) is 8.12. The molecule has 1 aromatic rings. The molecular formula is C14H22N2O. The van der Waals surface area contributed by atoms with Gasteiger partial charge >= 0.3 is 0 Å². The fourth-order valence-electron chi connectivity index (χ4n) is 1.80. The van der Waals surface area contributed by atoms with E-state index < -0.39 is 0 Å². The minimum atomic E-state index is 0.0593. The van der Waals surface area contributed by atoms with Crippen LogP contribution >= 0.6 is 0 Å². The molecule has 17 heavy (non-hydrogen) atoms. The summed E-state index contributed by atoms with van der Waals surface area (Å²) in [5, 5.41) is 6.05. The largest absolute Gasteiger partial charge is 0.352 e. The van der Waals surface area contributed by atoms with Crippen LogP contribution in [-0.4, -0.2) is 19.5 Å². The van der Waals surface area contributed by atoms with Crippen LogP contribution in [0.25, 0.3) is 0 Å². The van der Waals surface area contributed by atoms with Crippen LogP contribution in [-0.2, 0) is 11.3 Å². The van der Waals surface area contributed by atoms with Crippen molar-refractivity contribution >= 4 is 5.91 Å². The predicted molar refractivity (Wildman–Crippen MR) is 70.7 cm³/mol. The molecule has 0 aliphatic heterocycles. The number of hydrogen-bond acceptors (Lipinski definition) is 2. The molecule has 1 aromatic carbocycles. The molecule has 1 amide bonds. The van der Waals surface area contributed by atoms with E-state index in [1.54, 1.807) is 0 Å². The standard InChI is InChI=1S/C14H22N2O/c1-4-12(9-15-3)14(17)16-10-13-8-6-5-7-11(13)2/h5-8,12,15H,4,9-10H2,1-3H3,(H,16,17). The molecule has 94 valence electrons. The predicted octanol–water partition coefficient (Wildman–Crippen LogP) is 1.86. The van der Waals surface area contributed by atoms with Gasteiger partial charge in [-0.3, -0.25) is 4.79 Å². The average Bonchev–Trinajstić information content (AvgIpc) is 2.34. The lowest BCUT2D eigenvalue weighted by molar-refractivity contribution is -0.125. The first-order valence-corrected chi connectivity index (χ1v) is 6.15. The van der Waals surface area contributed by atoms with Crippen molar-refractivity contribution in [3.63, 3.8) is 0 Å². The molecule has 0 aliphatic rings. The van der Waals surface area contributed by atoms with E-state index in [0.717, 1.165) is 13.0 Å². The van der Waals surface area contributed by atoms with Crippen LogP contribution in [0.5, 0.6) is 0 Å². The van der Waals surface area contributed by atoms with Crippen LogP contribution in [0.2, 0.25) is 0 Å². The van der Waals surface area contributed by atoms with Gasteiger partial charge in [0.05, 0.1) is 5.92 Å². The molecule has 0 saturated heterocycles. The Kier molecular flexibility index (Phi) is 5.70. The lowest BCUT2D eigenvalue weighted by Crippen LogP contribution is -2.35. The van der Waals surface area contributed by atoms with Crippen molar-refractivity contribution in [1.82, 2.24) is 10.6 Å². The molecule has 0 bridgehead atoms. The van der Waals surface area contributed by atoms with Gasteiger partial charge in [0.1, 0.15) is 0 Å². The van der Waals surface area contributed by atoms with E-state index in [-0.39, 0.29) is 11.8 Å². The molecule has 1 rings (SSSR count). The Hall–Kier alpha value is -1.35. The van der Waals surface area contributed by atoms with Crippen LogP contribution in [0.4, 0.5) is 0 Å². The van der Waals surface area contributed by atoms with Gasteiger partial charge in [0.2, 0.25) is 5.91 Å². The van der Waals surface area contributed by atoms with Crippen LogP contribution in [0.3, 0.4) is 0 Å². The molecule has 0 fully saturated rings. The van der Waals surface area contributed by atoms with Crippen molar-refractivity contribution in [3.05, 3.63) is 35.4 Å². The molecule has 3 nitrogen and oxygen atoms in total. The maximum Gasteiger partial charge on any atom is 0.224 e. The fourth-order valence-corrected chi connectivity index (χ4v) is 1.80. The molecule has 2 N–H and O–H groups in total. The number of carbonyl (C=O) groups is 1. The lowest BCUT2D eigenvalue weighted by Gasteiger charge is -2.15. The minimum Gasteiger partial charge on any atom is -0.352 e. The van der Waals surface area contributed by atoms with Crippen molar-refractivity contribution in [2.45, 2.75) is 26.8 Å². The van der Waals surface area contributed by atoms with Gasteiger partial charge in [0.15, 0.2) is 0 Å². The van der Waals surface area contributed by atoms with E-state index in [0.29, 0.717) is 6.54 Å². The highest BCUT2D eigenvalue weighted by atomic mass is 16.1. The fraction of sp³-hybridized carbons (Fsp3) is 0.500. The van der Waals surface area contributed by atoms with Crippen molar-refractivity contribution in [2.75, 3.05) is 13.6 Å². The van der Waals surface area contributed by atoms with Gasteiger partial charge in [-0.25, -0.2) is 0 Å². The smallest absolute Gasteiger partial charge is 0.224 e. The van der Waals surface area contributed by atoms with Crippen LogP contribution < -0.4 is 10.6 Å². The Morgan fingerprint density at radius 2 is 2.06 bits per heavy atom.